The summed E-state index contributed by atoms with van der Waals surface area (Å²) in [5.41, 5.74) is 2.30. The second kappa shape index (κ2) is 6.31. The summed E-state index contributed by atoms with van der Waals surface area (Å²) in [4.78, 5) is 0. The molecule has 0 saturated carbocycles. The minimum Gasteiger partial charge on any atom is -0.421 e. The molecule has 0 aliphatic rings. The standard InChI is InChI=1S/C14H19N3O/c1-3-11-6-8-12(9-7-11)14-17-16-13(18-14)5-4-10-15-2/h6-9,15H,3-5,10H2,1-2H3. The molecule has 0 spiro atoms. The minimum atomic E-state index is 0.608. The van der Waals surface area contributed by atoms with Crippen LogP contribution in [0.5, 0.6) is 0 Å². The number of nitrogens with zero attached hydrogens (tertiary/aromatic N) is 2. The van der Waals surface area contributed by atoms with Gasteiger partial charge in [0.25, 0.3) is 0 Å². The highest BCUT2D eigenvalue weighted by molar-refractivity contribution is 5.52. The van der Waals surface area contributed by atoms with Crippen molar-refractivity contribution in [3.05, 3.63) is 35.7 Å². The predicted molar refractivity (Wildman–Crippen MR) is 71.4 cm³/mol. The molecule has 0 fully saturated rings. The highest BCUT2D eigenvalue weighted by Crippen LogP contribution is 2.19. The average Bonchev–Trinajstić information content (AvgIpc) is 2.88. The molecule has 0 radical (unpaired) electrons. The molecule has 4 nitrogen and oxygen atoms in total. The molecule has 2 rings (SSSR count). The molecule has 0 amide bonds. The van der Waals surface area contributed by atoms with E-state index in [9.17, 15) is 0 Å². The molecular formula is C14H19N3O. The monoisotopic (exact) mass is 245 g/mol. The lowest BCUT2D eigenvalue weighted by atomic mass is 10.1. The van der Waals surface area contributed by atoms with Crippen LogP contribution >= 0.6 is 0 Å². The molecule has 0 unspecified atom stereocenters. The largest absolute Gasteiger partial charge is 0.421 e. The number of rotatable bonds is 6. The van der Waals surface area contributed by atoms with Gasteiger partial charge in [0, 0.05) is 12.0 Å². The third-order valence-electron chi connectivity index (χ3n) is 2.89. The van der Waals surface area contributed by atoms with Crippen molar-refractivity contribution in [1.82, 2.24) is 15.5 Å². The number of aryl methyl sites for hydroxylation is 2. The second-order valence-electron chi connectivity index (χ2n) is 4.26. The summed E-state index contributed by atoms with van der Waals surface area (Å²) < 4.78 is 5.64. The topological polar surface area (TPSA) is 51.0 Å². The maximum atomic E-state index is 5.64. The van der Waals surface area contributed by atoms with Crippen molar-refractivity contribution < 1.29 is 4.42 Å². The first-order chi connectivity index (χ1) is 8.83. The number of hydrogen-bond donors (Lipinski definition) is 1. The van der Waals surface area contributed by atoms with Crippen LogP contribution in [0, 0.1) is 0 Å². The lowest BCUT2D eigenvalue weighted by Crippen LogP contribution is -2.08. The normalized spacial score (nSPS) is 10.8. The average molecular weight is 245 g/mol. The van der Waals surface area contributed by atoms with Crippen molar-refractivity contribution in [2.45, 2.75) is 26.2 Å². The van der Waals surface area contributed by atoms with Crippen LogP contribution in [0.4, 0.5) is 0 Å². The molecule has 18 heavy (non-hydrogen) atoms. The molecule has 0 aliphatic heterocycles. The zero-order valence-electron chi connectivity index (χ0n) is 10.9. The lowest BCUT2D eigenvalue weighted by Gasteiger charge is -1.98. The maximum absolute atomic E-state index is 5.64. The number of hydrogen-bond acceptors (Lipinski definition) is 4. The van der Waals surface area contributed by atoms with Gasteiger partial charge in [-0.05, 0) is 44.1 Å². The third kappa shape index (κ3) is 3.17. The van der Waals surface area contributed by atoms with E-state index in [1.807, 2.05) is 19.2 Å². The summed E-state index contributed by atoms with van der Waals surface area (Å²) in [6.07, 6.45) is 2.87. The van der Waals surface area contributed by atoms with Crippen LogP contribution in [-0.2, 0) is 12.8 Å². The van der Waals surface area contributed by atoms with E-state index in [4.69, 9.17) is 4.42 Å². The van der Waals surface area contributed by atoms with Gasteiger partial charge < -0.3 is 9.73 Å². The molecule has 0 atom stereocenters. The third-order valence-corrected chi connectivity index (χ3v) is 2.89. The summed E-state index contributed by atoms with van der Waals surface area (Å²) in [5, 5.41) is 11.2. The van der Waals surface area contributed by atoms with E-state index in [0.29, 0.717) is 11.8 Å². The molecule has 1 aromatic carbocycles. The first-order valence-corrected chi connectivity index (χ1v) is 6.39. The number of benzene rings is 1. The van der Waals surface area contributed by atoms with E-state index < -0.39 is 0 Å². The summed E-state index contributed by atoms with van der Waals surface area (Å²) >= 11 is 0. The van der Waals surface area contributed by atoms with Crippen LogP contribution in [0.15, 0.2) is 28.7 Å². The Kier molecular flexibility index (Phi) is 4.47. The fraction of sp³-hybridized carbons (Fsp3) is 0.429. The second-order valence-corrected chi connectivity index (χ2v) is 4.26. The van der Waals surface area contributed by atoms with Crippen LogP contribution in [0.25, 0.3) is 11.5 Å². The van der Waals surface area contributed by atoms with E-state index in [2.05, 4.69) is 34.6 Å². The van der Waals surface area contributed by atoms with Crippen molar-refractivity contribution in [3.63, 3.8) is 0 Å². The van der Waals surface area contributed by atoms with Gasteiger partial charge in [-0.1, -0.05) is 19.1 Å². The van der Waals surface area contributed by atoms with Gasteiger partial charge in [0.1, 0.15) is 0 Å². The van der Waals surface area contributed by atoms with Gasteiger partial charge in [-0.25, -0.2) is 0 Å². The Morgan fingerprint density at radius 3 is 2.61 bits per heavy atom. The van der Waals surface area contributed by atoms with Gasteiger partial charge in [-0.2, -0.15) is 0 Å². The zero-order chi connectivity index (χ0) is 12.8. The van der Waals surface area contributed by atoms with Crippen LogP contribution in [0.3, 0.4) is 0 Å². The molecule has 4 heteroatoms. The Labute approximate surface area is 107 Å². The van der Waals surface area contributed by atoms with Gasteiger partial charge in [-0.15, -0.1) is 10.2 Å². The summed E-state index contributed by atoms with van der Waals surface area (Å²) in [7, 11) is 1.94. The molecular weight excluding hydrogens is 226 g/mol. The van der Waals surface area contributed by atoms with Crippen molar-refractivity contribution in [2.75, 3.05) is 13.6 Å². The SMILES string of the molecule is CCc1ccc(-c2nnc(CCCNC)o2)cc1. The number of nitrogens with one attached hydrogen (secondary N) is 1. The van der Waals surface area contributed by atoms with Gasteiger partial charge in [-0.3, -0.25) is 0 Å². The van der Waals surface area contributed by atoms with Crippen molar-refractivity contribution in [3.8, 4) is 11.5 Å². The van der Waals surface area contributed by atoms with Crippen molar-refractivity contribution >= 4 is 0 Å². The van der Waals surface area contributed by atoms with Crippen LogP contribution < -0.4 is 5.32 Å². The Hall–Kier alpha value is -1.68. The summed E-state index contributed by atoms with van der Waals surface area (Å²) in [6.45, 7) is 3.10. The highest BCUT2D eigenvalue weighted by atomic mass is 16.4. The minimum absolute atomic E-state index is 0.608. The smallest absolute Gasteiger partial charge is 0.247 e. The Bertz CT molecular complexity index is 476. The molecule has 96 valence electrons. The first-order valence-electron chi connectivity index (χ1n) is 6.39. The molecule has 0 aliphatic carbocycles. The van der Waals surface area contributed by atoms with Crippen LogP contribution in [0.1, 0.15) is 24.8 Å². The zero-order valence-corrected chi connectivity index (χ0v) is 10.9. The van der Waals surface area contributed by atoms with E-state index in [0.717, 1.165) is 31.4 Å². The lowest BCUT2D eigenvalue weighted by molar-refractivity contribution is 0.495. The molecule has 0 bridgehead atoms. The van der Waals surface area contributed by atoms with Crippen LogP contribution in [-0.4, -0.2) is 23.8 Å². The summed E-state index contributed by atoms with van der Waals surface area (Å²) in [6, 6.07) is 8.26. The molecule has 0 saturated heterocycles. The van der Waals surface area contributed by atoms with E-state index in [-0.39, 0.29) is 0 Å². The molecule has 1 N–H and O–H groups in total. The first kappa shape index (κ1) is 12.8. The Morgan fingerprint density at radius 1 is 1.17 bits per heavy atom. The summed E-state index contributed by atoms with van der Waals surface area (Å²) in [5.74, 6) is 1.32. The van der Waals surface area contributed by atoms with Gasteiger partial charge >= 0.3 is 0 Å². The van der Waals surface area contributed by atoms with Gasteiger partial charge in [0.2, 0.25) is 11.8 Å². The fourth-order valence-corrected chi connectivity index (χ4v) is 1.77. The fourth-order valence-electron chi connectivity index (χ4n) is 1.77. The van der Waals surface area contributed by atoms with E-state index in [1.165, 1.54) is 5.56 Å². The quantitative estimate of drug-likeness (QED) is 0.794. The van der Waals surface area contributed by atoms with Crippen LogP contribution in [0.2, 0.25) is 0 Å². The predicted octanol–water partition coefficient (Wildman–Crippen LogP) is 2.45. The highest BCUT2D eigenvalue weighted by Gasteiger charge is 2.07. The maximum Gasteiger partial charge on any atom is 0.247 e. The van der Waals surface area contributed by atoms with Gasteiger partial charge in [0.15, 0.2) is 0 Å². The molecule has 1 heterocycles. The van der Waals surface area contributed by atoms with Crippen molar-refractivity contribution in [2.24, 2.45) is 0 Å². The molecule has 2 aromatic rings. The van der Waals surface area contributed by atoms with E-state index in [1.54, 1.807) is 0 Å². The Balaban J connectivity index is 2.04. The number of aromatic nitrogens is 2. The van der Waals surface area contributed by atoms with Gasteiger partial charge in [0.05, 0.1) is 0 Å². The molecule has 1 aromatic heterocycles. The van der Waals surface area contributed by atoms with Crippen molar-refractivity contribution in [1.29, 1.82) is 0 Å². The Morgan fingerprint density at radius 2 is 1.94 bits per heavy atom. The van der Waals surface area contributed by atoms with E-state index >= 15 is 0 Å².